The SMILES string of the molecule is Cc1ccc(C(=O)NCc2ccc(C#CCCO)s2)n1C. The second-order valence-corrected chi connectivity index (χ2v) is 5.81. The van der Waals surface area contributed by atoms with Gasteiger partial charge in [-0.3, -0.25) is 4.79 Å². The van der Waals surface area contributed by atoms with Gasteiger partial charge >= 0.3 is 0 Å². The molecule has 0 atom stereocenters. The van der Waals surface area contributed by atoms with Crippen molar-refractivity contribution in [2.75, 3.05) is 6.61 Å². The summed E-state index contributed by atoms with van der Waals surface area (Å²) in [5.41, 5.74) is 1.71. The van der Waals surface area contributed by atoms with E-state index >= 15 is 0 Å². The van der Waals surface area contributed by atoms with Crippen LogP contribution in [0.5, 0.6) is 0 Å². The van der Waals surface area contributed by atoms with Crippen LogP contribution in [0.15, 0.2) is 24.3 Å². The predicted octanol–water partition coefficient (Wildman–Crippen LogP) is 2.06. The molecule has 0 fully saturated rings. The number of amides is 1. The second kappa shape index (κ2) is 7.11. The van der Waals surface area contributed by atoms with Crippen LogP contribution in [-0.4, -0.2) is 22.2 Å². The van der Waals surface area contributed by atoms with Gasteiger partial charge in [-0.15, -0.1) is 11.3 Å². The van der Waals surface area contributed by atoms with E-state index in [-0.39, 0.29) is 12.5 Å². The molecule has 0 unspecified atom stereocenters. The van der Waals surface area contributed by atoms with E-state index in [9.17, 15) is 4.79 Å². The van der Waals surface area contributed by atoms with Crippen molar-refractivity contribution >= 4 is 17.2 Å². The van der Waals surface area contributed by atoms with Crippen molar-refractivity contribution < 1.29 is 9.90 Å². The highest BCUT2D eigenvalue weighted by Crippen LogP contribution is 2.15. The fourth-order valence-electron chi connectivity index (χ4n) is 1.84. The Hall–Kier alpha value is -2.03. The number of nitrogens with one attached hydrogen (secondary N) is 1. The highest BCUT2D eigenvalue weighted by atomic mass is 32.1. The minimum Gasteiger partial charge on any atom is -0.395 e. The molecule has 110 valence electrons. The lowest BCUT2D eigenvalue weighted by molar-refractivity contribution is 0.0943. The summed E-state index contributed by atoms with van der Waals surface area (Å²) in [7, 11) is 1.88. The Morgan fingerprint density at radius 2 is 2.19 bits per heavy atom. The first-order chi connectivity index (χ1) is 10.1. The first kappa shape index (κ1) is 15.4. The number of aryl methyl sites for hydroxylation is 1. The number of hydrogen-bond donors (Lipinski definition) is 2. The topological polar surface area (TPSA) is 54.3 Å². The molecule has 2 rings (SSSR count). The molecule has 2 aromatic rings. The molecule has 21 heavy (non-hydrogen) atoms. The van der Waals surface area contributed by atoms with Gasteiger partial charge in [-0.25, -0.2) is 0 Å². The molecule has 0 aliphatic heterocycles. The molecule has 2 heterocycles. The Morgan fingerprint density at radius 1 is 1.38 bits per heavy atom. The zero-order chi connectivity index (χ0) is 15.2. The van der Waals surface area contributed by atoms with E-state index in [1.54, 1.807) is 11.3 Å². The van der Waals surface area contributed by atoms with Crippen molar-refractivity contribution in [1.82, 2.24) is 9.88 Å². The number of nitrogens with zero attached hydrogens (tertiary/aromatic N) is 1. The molecule has 5 heteroatoms. The van der Waals surface area contributed by atoms with Gasteiger partial charge in [0.1, 0.15) is 5.69 Å². The van der Waals surface area contributed by atoms with Crippen LogP contribution in [0, 0.1) is 18.8 Å². The van der Waals surface area contributed by atoms with Crippen LogP contribution in [0.4, 0.5) is 0 Å². The minimum absolute atomic E-state index is 0.0769. The third-order valence-corrected chi connectivity index (χ3v) is 4.14. The Kier molecular flexibility index (Phi) is 5.20. The predicted molar refractivity (Wildman–Crippen MR) is 84.2 cm³/mol. The molecule has 0 aliphatic carbocycles. The van der Waals surface area contributed by atoms with Crippen molar-refractivity contribution in [1.29, 1.82) is 0 Å². The number of aromatic nitrogens is 1. The van der Waals surface area contributed by atoms with E-state index < -0.39 is 0 Å². The number of hydrogen-bond acceptors (Lipinski definition) is 3. The Morgan fingerprint density at radius 3 is 2.86 bits per heavy atom. The van der Waals surface area contributed by atoms with E-state index in [1.807, 2.05) is 42.8 Å². The van der Waals surface area contributed by atoms with E-state index in [1.165, 1.54) is 0 Å². The van der Waals surface area contributed by atoms with Crippen molar-refractivity contribution in [2.45, 2.75) is 19.9 Å². The highest BCUT2D eigenvalue weighted by Gasteiger charge is 2.10. The Labute approximate surface area is 128 Å². The fourth-order valence-corrected chi connectivity index (χ4v) is 2.67. The molecular formula is C16H18N2O2S. The van der Waals surface area contributed by atoms with Gasteiger partial charge < -0.3 is 15.0 Å². The molecular weight excluding hydrogens is 284 g/mol. The number of aliphatic hydroxyl groups is 1. The summed E-state index contributed by atoms with van der Waals surface area (Å²) >= 11 is 1.55. The van der Waals surface area contributed by atoms with Crippen LogP contribution in [-0.2, 0) is 13.6 Å². The summed E-state index contributed by atoms with van der Waals surface area (Å²) in [6.45, 7) is 2.54. The quantitative estimate of drug-likeness (QED) is 0.849. The van der Waals surface area contributed by atoms with E-state index in [0.717, 1.165) is 15.4 Å². The van der Waals surface area contributed by atoms with Crippen LogP contribution in [0.25, 0.3) is 0 Å². The van der Waals surface area contributed by atoms with Gasteiger partial charge in [-0.1, -0.05) is 11.8 Å². The van der Waals surface area contributed by atoms with Crippen LogP contribution in [0.2, 0.25) is 0 Å². The number of carbonyl (C=O) groups excluding carboxylic acids is 1. The van der Waals surface area contributed by atoms with E-state index in [2.05, 4.69) is 17.2 Å². The third-order valence-electron chi connectivity index (χ3n) is 3.14. The number of thiophene rings is 1. The first-order valence-corrected chi connectivity index (χ1v) is 7.52. The largest absolute Gasteiger partial charge is 0.395 e. The number of aliphatic hydroxyl groups excluding tert-OH is 1. The maximum Gasteiger partial charge on any atom is 0.268 e. The van der Waals surface area contributed by atoms with Gasteiger partial charge in [0.25, 0.3) is 5.91 Å². The average molecular weight is 302 g/mol. The third kappa shape index (κ3) is 3.97. The second-order valence-electron chi connectivity index (χ2n) is 4.64. The van der Waals surface area contributed by atoms with Crippen molar-refractivity contribution in [3.8, 4) is 11.8 Å². The number of rotatable bonds is 4. The molecule has 1 amide bonds. The van der Waals surface area contributed by atoms with Gasteiger partial charge in [0, 0.05) is 24.0 Å². The maximum atomic E-state index is 12.1. The van der Waals surface area contributed by atoms with Crippen LogP contribution in [0.3, 0.4) is 0 Å². The zero-order valence-electron chi connectivity index (χ0n) is 12.1. The summed E-state index contributed by atoms with van der Waals surface area (Å²) in [4.78, 5) is 14.1. The molecule has 0 bridgehead atoms. The molecule has 4 nitrogen and oxygen atoms in total. The van der Waals surface area contributed by atoms with Gasteiger partial charge in [-0.05, 0) is 31.2 Å². The monoisotopic (exact) mass is 302 g/mol. The Balaban J connectivity index is 1.93. The molecule has 0 radical (unpaired) electrons. The lowest BCUT2D eigenvalue weighted by Crippen LogP contribution is -2.24. The number of carbonyl (C=O) groups is 1. The summed E-state index contributed by atoms with van der Waals surface area (Å²) in [5.74, 6) is 5.80. The normalized spacial score (nSPS) is 10.0. The summed E-state index contributed by atoms with van der Waals surface area (Å²) in [6.07, 6.45) is 0.483. The van der Waals surface area contributed by atoms with Crippen molar-refractivity contribution in [3.05, 3.63) is 45.4 Å². The molecule has 2 N–H and O–H groups in total. The molecule has 2 aromatic heterocycles. The molecule has 0 aromatic carbocycles. The standard InChI is InChI=1S/C16H18N2O2S/c1-12-6-9-15(18(12)2)16(20)17-11-14-8-7-13(21-14)5-3-4-10-19/h6-9,19H,4,10-11H2,1-2H3,(H,17,20). The van der Waals surface area contributed by atoms with Crippen molar-refractivity contribution in [2.24, 2.45) is 7.05 Å². The summed E-state index contributed by atoms with van der Waals surface area (Å²) in [5, 5.41) is 11.6. The molecule has 0 saturated heterocycles. The first-order valence-electron chi connectivity index (χ1n) is 6.71. The summed E-state index contributed by atoms with van der Waals surface area (Å²) in [6, 6.07) is 7.65. The van der Waals surface area contributed by atoms with Gasteiger partial charge in [-0.2, -0.15) is 0 Å². The Bertz CT molecular complexity index is 689. The average Bonchev–Trinajstić information content (AvgIpc) is 3.05. The van der Waals surface area contributed by atoms with Crippen LogP contribution in [0.1, 0.15) is 32.4 Å². The van der Waals surface area contributed by atoms with E-state index in [4.69, 9.17) is 5.11 Å². The van der Waals surface area contributed by atoms with Crippen molar-refractivity contribution in [3.63, 3.8) is 0 Å². The zero-order valence-corrected chi connectivity index (χ0v) is 13.0. The minimum atomic E-state index is -0.0769. The summed E-state index contributed by atoms with van der Waals surface area (Å²) < 4.78 is 1.87. The lowest BCUT2D eigenvalue weighted by atomic mass is 10.3. The van der Waals surface area contributed by atoms with Gasteiger partial charge in [0.2, 0.25) is 0 Å². The van der Waals surface area contributed by atoms with Crippen LogP contribution < -0.4 is 5.32 Å². The maximum absolute atomic E-state index is 12.1. The lowest BCUT2D eigenvalue weighted by Gasteiger charge is -2.05. The van der Waals surface area contributed by atoms with Gasteiger partial charge in [0.05, 0.1) is 18.0 Å². The molecule has 0 aliphatic rings. The molecule has 0 saturated carbocycles. The van der Waals surface area contributed by atoms with E-state index in [0.29, 0.717) is 18.7 Å². The van der Waals surface area contributed by atoms with Crippen LogP contribution >= 0.6 is 11.3 Å². The fraction of sp³-hybridized carbons (Fsp3) is 0.312. The highest BCUT2D eigenvalue weighted by molar-refractivity contribution is 7.12. The molecule has 0 spiro atoms. The smallest absolute Gasteiger partial charge is 0.268 e. The van der Waals surface area contributed by atoms with Gasteiger partial charge in [0.15, 0.2) is 0 Å².